The van der Waals surface area contributed by atoms with Crippen LogP contribution in [0, 0.1) is 5.92 Å². The molecule has 1 saturated carbocycles. The van der Waals surface area contributed by atoms with Crippen molar-refractivity contribution in [3.8, 4) is 0 Å². The van der Waals surface area contributed by atoms with Crippen LogP contribution in [0.25, 0.3) is 0 Å². The number of aryl methyl sites for hydroxylation is 2. The summed E-state index contributed by atoms with van der Waals surface area (Å²) in [7, 11) is 1.99. The first-order chi connectivity index (χ1) is 9.25. The van der Waals surface area contributed by atoms with Crippen molar-refractivity contribution in [2.75, 3.05) is 0 Å². The van der Waals surface area contributed by atoms with Gasteiger partial charge in [-0.3, -0.25) is 4.68 Å². The first kappa shape index (κ1) is 12.4. The van der Waals surface area contributed by atoms with Gasteiger partial charge in [-0.25, -0.2) is 0 Å². The molecule has 0 saturated heterocycles. The Morgan fingerprint density at radius 1 is 1.32 bits per heavy atom. The Balaban J connectivity index is 1.53. The van der Waals surface area contributed by atoms with Gasteiger partial charge in [-0.05, 0) is 42.7 Å². The molecule has 0 aliphatic heterocycles. The van der Waals surface area contributed by atoms with E-state index >= 15 is 0 Å². The van der Waals surface area contributed by atoms with E-state index in [1.807, 2.05) is 17.9 Å². The quantitative estimate of drug-likeness (QED) is 0.892. The van der Waals surface area contributed by atoms with Gasteiger partial charge in [0.2, 0.25) is 0 Å². The molecule has 1 heterocycles. The van der Waals surface area contributed by atoms with Crippen molar-refractivity contribution >= 4 is 0 Å². The van der Waals surface area contributed by atoms with Crippen molar-refractivity contribution < 1.29 is 0 Å². The Kier molecular flexibility index (Phi) is 3.38. The standard InChI is InChI=1S/C16H21N3/c1-19-13(9-10-18-19)7-8-16(17)15-11-14(15)12-5-3-2-4-6-12/h2-6,9-10,14-16H,7-8,11,17H2,1H3. The Morgan fingerprint density at radius 2 is 2.11 bits per heavy atom. The molecule has 1 aromatic carbocycles. The molecule has 1 fully saturated rings. The number of nitrogens with zero attached hydrogens (tertiary/aromatic N) is 2. The molecule has 0 spiro atoms. The zero-order valence-corrected chi connectivity index (χ0v) is 11.4. The second-order valence-electron chi connectivity index (χ2n) is 5.57. The van der Waals surface area contributed by atoms with Crippen LogP contribution in [0.4, 0.5) is 0 Å². The monoisotopic (exact) mass is 255 g/mol. The molecule has 3 atom stereocenters. The van der Waals surface area contributed by atoms with Crippen molar-refractivity contribution in [2.45, 2.75) is 31.2 Å². The molecule has 3 nitrogen and oxygen atoms in total. The van der Waals surface area contributed by atoms with Gasteiger partial charge < -0.3 is 5.73 Å². The number of benzene rings is 1. The lowest BCUT2D eigenvalue weighted by molar-refractivity contribution is 0.527. The van der Waals surface area contributed by atoms with Gasteiger partial charge >= 0.3 is 0 Å². The number of rotatable bonds is 5. The van der Waals surface area contributed by atoms with Gasteiger partial charge in [-0.1, -0.05) is 30.3 Å². The minimum Gasteiger partial charge on any atom is -0.327 e. The average Bonchev–Trinajstić information content (AvgIpc) is 3.14. The first-order valence-corrected chi connectivity index (χ1v) is 7.03. The van der Waals surface area contributed by atoms with Crippen LogP contribution >= 0.6 is 0 Å². The van der Waals surface area contributed by atoms with E-state index < -0.39 is 0 Å². The molecule has 2 aromatic rings. The zero-order chi connectivity index (χ0) is 13.2. The highest BCUT2D eigenvalue weighted by Crippen LogP contribution is 2.49. The molecule has 1 aliphatic rings. The first-order valence-electron chi connectivity index (χ1n) is 7.03. The third-order valence-electron chi connectivity index (χ3n) is 4.27. The van der Waals surface area contributed by atoms with Crippen LogP contribution in [0.2, 0.25) is 0 Å². The normalized spacial score (nSPS) is 23.3. The van der Waals surface area contributed by atoms with Crippen molar-refractivity contribution in [1.29, 1.82) is 0 Å². The summed E-state index contributed by atoms with van der Waals surface area (Å²) in [6, 6.07) is 13.1. The van der Waals surface area contributed by atoms with Crippen molar-refractivity contribution in [2.24, 2.45) is 18.7 Å². The lowest BCUT2D eigenvalue weighted by atomic mass is 10.0. The number of nitrogens with two attached hydrogens (primary N) is 1. The predicted molar refractivity (Wildman–Crippen MR) is 76.8 cm³/mol. The molecule has 0 radical (unpaired) electrons. The minimum atomic E-state index is 0.306. The summed E-state index contributed by atoms with van der Waals surface area (Å²) < 4.78 is 1.94. The van der Waals surface area contributed by atoms with E-state index in [2.05, 4.69) is 41.5 Å². The van der Waals surface area contributed by atoms with Gasteiger partial charge in [0.05, 0.1) is 0 Å². The lowest BCUT2D eigenvalue weighted by Gasteiger charge is -2.11. The SMILES string of the molecule is Cn1nccc1CCC(N)C1CC1c1ccccc1. The van der Waals surface area contributed by atoms with E-state index in [1.165, 1.54) is 17.7 Å². The van der Waals surface area contributed by atoms with Gasteiger partial charge in [-0.2, -0.15) is 5.10 Å². The van der Waals surface area contributed by atoms with E-state index in [1.54, 1.807) is 0 Å². The average molecular weight is 255 g/mol. The second kappa shape index (κ2) is 5.17. The second-order valence-corrected chi connectivity index (χ2v) is 5.57. The molecule has 3 unspecified atom stereocenters. The highest BCUT2D eigenvalue weighted by Gasteiger charge is 2.41. The molecule has 19 heavy (non-hydrogen) atoms. The fourth-order valence-electron chi connectivity index (χ4n) is 2.95. The highest BCUT2D eigenvalue weighted by molar-refractivity contribution is 5.26. The molecule has 3 heteroatoms. The van der Waals surface area contributed by atoms with E-state index in [-0.39, 0.29) is 0 Å². The zero-order valence-electron chi connectivity index (χ0n) is 11.4. The summed E-state index contributed by atoms with van der Waals surface area (Å²) >= 11 is 0. The molecular weight excluding hydrogens is 234 g/mol. The summed E-state index contributed by atoms with van der Waals surface area (Å²) in [4.78, 5) is 0. The third-order valence-corrected chi connectivity index (χ3v) is 4.27. The molecule has 1 aromatic heterocycles. The highest BCUT2D eigenvalue weighted by atomic mass is 15.2. The summed E-state index contributed by atoms with van der Waals surface area (Å²) in [6.07, 6.45) is 5.17. The molecular formula is C16H21N3. The van der Waals surface area contributed by atoms with Crippen LogP contribution in [-0.2, 0) is 13.5 Å². The van der Waals surface area contributed by atoms with Crippen molar-refractivity contribution in [1.82, 2.24) is 9.78 Å². The van der Waals surface area contributed by atoms with Crippen LogP contribution in [-0.4, -0.2) is 15.8 Å². The summed E-state index contributed by atoms with van der Waals surface area (Å²) in [5, 5.41) is 4.19. The van der Waals surface area contributed by atoms with E-state index in [9.17, 15) is 0 Å². The maximum Gasteiger partial charge on any atom is 0.0492 e. The molecule has 2 N–H and O–H groups in total. The summed E-state index contributed by atoms with van der Waals surface area (Å²) in [6.45, 7) is 0. The van der Waals surface area contributed by atoms with Gasteiger partial charge in [0, 0.05) is 25.0 Å². The van der Waals surface area contributed by atoms with Gasteiger partial charge in [0.1, 0.15) is 0 Å². The summed E-state index contributed by atoms with van der Waals surface area (Å²) in [5.41, 5.74) is 9.06. The van der Waals surface area contributed by atoms with Crippen molar-refractivity contribution in [3.05, 3.63) is 53.9 Å². The van der Waals surface area contributed by atoms with Gasteiger partial charge in [0.25, 0.3) is 0 Å². The van der Waals surface area contributed by atoms with E-state index in [0.717, 1.165) is 12.8 Å². The molecule has 3 rings (SSSR count). The Morgan fingerprint density at radius 3 is 2.79 bits per heavy atom. The molecule has 1 aliphatic carbocycles. The maximum absolute atomic E-state index is 6.34. The van der Waals surface area contributed by atoms with Crippen molar-refractivity contribution in [3.63, 3.8) is 0 Å². The Bertz CT molecular complexity index is 532. The predicted octanol–water partition coefficient (Wildman–Crippen LogP) is 2.48. The largest absolute Gasteiger partial charge is 0.327 e. The topological polar surface area (TPSA) is 43.8 Å². The Labute approximate surface area is 114 Å². The number of aromatic nitrogens is 2. The van der Waals surface area contributed by atoms with Crippen LogP contribution in [0.1, 0.15) is 30.0 Å². The van der Waals surface area contributed by atoms with Crippen LogP contribution in [0.3, 0.4) is 0 Å². The maximum atomic E-state index is 6.34. The third kappa shape index (κ3) is 2.71. The fraction of sp³-hybridized carbons (Fsp3) is 0.438. The summed E-state index contributed by atoms with van der Waals surface area (Å²) in [5.74, 6) is 1.35. The minimum absolute atomic E-state index is 0.306. The molecule has 100 valence electrons. The lowest BCUT2D eigenvalue weighted by Crippen LogP contribution is -2.24. The Hall–Kier alpha value is -1.61. The van der Waals surface area contributed by atoms with E-state index in [4.69, 9.17) is 5.73 Å². The molecule has 0 amide bonds. The number of hydrogen-bond acceptors (Lipinski definition) is 2. The van der Waals surface area contributed by atoms with Crippen LogP contribution in [0.15, 0.2) is 42.6 Å². The van der Waals surface area contributed by atoms with Crippen LogP contribution in [0.5, 0.6) is 0 Å². The molecule has 0 bridgehead atoms. The smallest absolute Gasteiger partial charge is 0.0492 e. The van der Waals surface area contributed by atoms with Gasteiger partial charge in [-0.15, -0.1) is 0 Å². The fourth-order valence-corrected chi connectivity index (χ4v) is 2.95. The van der Waals surface area contributed by atoms with Gasteiger partial charge in [0.15, 0.2) is 0 Å². The van der Waals surface area contributed by atoms with E-state index in [0.29, 0.717) is 17.9 Å². The van der Waals surface area contributed by atoms with Crippen LogP contribution < -0.4 is 5.73 Å². The number of hydrogen-bond donors (Lipinski definition) is 1.